The first-order valence-corrected chi connectivity index (χ1v) is 6.53. The number of ether oxygens (including phenoxy) is 1. The van der Waals surface area contributed by atoms with E-state index in [4.69, 9.17) is 10.5 Å². The Bertz CT molecular complexity index is 511. The molecule has 1 aromatic carbocycles. The maximum Gasteiger partial charge on any atom is 0.415 e. The lowest BCUT2D eigenvalue weighted by atomic mass is 9.78. The fraction of sp³-hybridized carbons (Fsp3) is 0.500. The molecule has 0 radical (unpaired) electrons. The fourth-order valence-electron chi connectivity index (χ4n) is 2.43. The molecule has 112 valence electrons. The van der Waals surface area contributed by atoms with E-state index in [9.17, 15) is 22.7 Å². The second-order valence-electron chi connectivity index (χ2n) is 4.73. The number of aliphatic hydroxyl groups is 1. The maximum atomic E-state index is 13.9. The van der Waals surface area contributed by atoms with Gasteiger partial charge >= 0.3 is 6.18 Å². The Morgan fingerprint density at radius 1 is 1.45 bits per heavy atom. The number of rotatable bonds is 2. The van der Waals surface area contributed by atoms with Gasteiger partial charge in [-0.05, 0) is 18.2 Å². The molecular weight excluding hydrogens is 346 g/mol. The van der Waals surface area contributed by atoms with Gasteiger partial charge in [0, 0.05) is 16.0 Å². The summed E-state index contributed by atoms with van der Waals surface area (Å²) in [6.07, 6.45) is -6.88. The predicted octanol–water partition coefficient (Wildman–Crippen LogP) is 2.31. The molecule has 0 bridgehead atoms. The molecule has 1 heterocycles. The van der Waals surface area contributed by atoms with E-state index in [-0.39, 0.29) is 5.56 Å². The first-order chi connectivity index (χ1) is 9.20. The van der Waals surface area contributed by atoms with Crippen LogP contribution in [0.2, 0.25) is 0 Å². The lowest BCUT2D eigenvalue weighted by Gasteiger charge is -2.31. The second-order valence-corrected chi connectivity index (χ2v) is 5.64. The van der Waals surface area contributed by atoms with Crippen LogP contribution >= 0.6 is 15.9 Å². The predicted molar refractivity (Wildman–Crippen MR) is 66.3 cm³/mol. The van der Waals surface area contributed by atoms with Crippen LogP contribution in [-0.4, -0.2) is 30.6 Å². The van der Waals surface area contributed by atoms with Crippen molar-refractivity contribution in [2.24, 2.45) is 11.7 Å². The van der Waals surface area contributed by atoms with E-state index in [0.29, 0.717) is 4.47 Å². The van der Waals surface area contributed by atoms with Gasteiger partial charge in [0.2, 0.25) is 0 Å². The summed E-state index contributed by atoms with van der Waals surface area (Å²) < 4.78 is 57.6. The number of halogens is 5. The van der Waals surface area contributed by atoms with Crippen molar-refractivity contribution in [3.8, 4) is 0 Å². The van der Waals surface area contributed by atoms with Crippen LogP contribution in [0.1, 0.15) is 5.56 Å². The fourth-order valence-corrected chi connectivity index (χ4v) is 2.79. The third-order valence-corrected chi connectivity index (χ3v) is 3.97. The van der Waals surface area contributed by atoms with Crippen molar-refractivity contribution in [1.82, 2.24) is 0 Å². The highest BCUT2D eigenvalue weighted by Crippen LogP contribution is 2.44. The largest absolute Gasteiger partial charge is 0.415 e. The molecule has 1 saturated heterocycles. The Hall–Kier alpha value is -0.700. The van der Waals surface area contributed by atoms with Crippen LogP contribution < -0.4 is 5.73 Å². The molecule has 20 heavy (non-hydrogen) atoms. The minimum Gasteiger partial charge on any atom is -0.396 e. The minimum absolute atomic E-state index is 0.113. The number of alkyl halides is 3. The molecule has 0 spiro atoms. The molecule has 0 aromatic heterocycles. The van der Waals surface area contributed by atoms with E-state index >= 15 is 0 Å². The Morgan fingerprint density at radius 3 is 2.65 bits per heavy atom. The monoisotopic (exact) mass is 357 g/mol. The van der Waals surface area contributed by atoms with Gasteiger partial charge in [-0.15, -0.1) is 0 Å². The summed E-state index contributed by atoms with van der Waals surface area (Å²) in [7, 11) is 0. The summed E-state index contributed by atoms with van der Waals surface area (Å²) in [5.41, 5.74) is 4.10. The van der Waals surface area contributed by atoms with Crippen molar-refractivity contribution < 1.29 is 27.4 Å². The molecule has 3 atom stereocenters. The van der Waals surface area contributed by atoms with E-state index < -0.39 is 42.8 Å². The molecule has 3 nitrogen and oxygen atoms in total. The van der Waals surface area contributed by atoms with Gasteiger partial charge in [0.25, 0.3) is 0 Å². The summed E-state index contributed by atoms with van der Waals surface area (Å²) in [6, 6.07) is 3.82. The van der Waals surface area contributed by atoms with Gasteiger partial charge in [0.1, 0.15) is 5.82 Å². The van der Waals surface area contributed by atoms with E-state index in [1.54, 1.807) is 0 Å². The molecule has 3 N–H and O–H groups in total. The van der Waals surface area contributed by atoms with E-state index in [1.165, 1.54) is 12.1 Å². The molecule has 0 amide bonds. The topological polar surface area (TPSA) is 55.5 Å². The van der Waals surface area contributed by atoms with Crippen LogP contribution in [0, 0.1) is 11.7 Å². The maximum absolute atomic E-state index is 13.9. The Morgan fingerprint density at radius 2 is 2.10 bits per heavy atom. The number of aliphatic hydroxyl groups excluding tert-OH is 1. The highest BCUT2D eigenvalue weighted by atomic mass is 79.9. The second kappa shape index (κ2) is 5.25. The zero-order valence-electron chi connectivity index (χ0n) is 10.1. The lowest BCUT2D eigenvalue weighted by Crippen LogP contribution is -2.50. The third kappa shape index (κ3) is 2.57. The summed E-state index contributed by atoms with van der Waals surface area (Å²) in [5, 5.41) is 9.26. The van der Waals surface area contributed by atoms with Crippen molar-refractivity contribution >= 4 is 15.9 Å². The molecule has 0 aliphatic carbocycles. The van der Waals surface area contributed by atoms with Gasteiger partial charge in [-0.25, -0.2) is 4.39 Å². The quantitative estimate of drug-likeness (QED) is 0.798. The highest BCUT2D eigenvalue weighted by Gasteiger charge is 2.58. The summed E-state index contributed by atoms with van der Waals surface area (Å²) >= 11 is 3.12. The van der Waals surface area contributed by atoms with Crippen LogP contribution in [0.4, 0.5) is 17.6 Å². The minimum atomic E-state index is -4.67. The van der Waals surface area contributed by atoms with Crippen molar-refractivity contribution in [2.45, 2.75) is 17.8 Å². The molecule has 2 rings (SSSR count). The molecule has 0 unspecified atom stereocenters. The average molecular weight is 358 g/mol. The van der Waals surface area contributed by atoms with Crippen LogP contribution in [0.3, 0.4) is 0 Å². The van der Waals surface area contributed by atoms with Gasteiger partial charge in [0.05, 0.1) is 18.8 Å². The van der Waals surface area contributed by atoms with Crippen molar-refractivity contribution in [3.63, 3.8) is 0 Å². The zero-order chi connectivity index (χ0) is 15.1. The van der Waals surface area contributed by atoms with Crippen LogP contribution in [0.15, 0.2) is 22.7 Å². The van der Waals surface area contributed by atoms with Gasteiger partial charge in [-0.1, -0.05) is 15.9 Å². The molecule has 1 aliphatic heterocycles. The number of hydrogen-bond donors (Lipinski definition) is 2. The normalized spacial score (nSPS) is 30.8. The van der Waals surface area contributed by atoms with Crippen LogP contribution in [-0.2, 0) is 10.3 Å². The van der Waals surface area contributed by atoms with Gasteiger partial charge < -0.3 is 15.6 Å². The van der Waals surface area contributed by atoms with Gasteiger partial charge in [0.15, 0.2) is 6.10 Å². The smallest absolute Gasteiger partial charge is 0.396 e. The standard InChI is InChI=1S/C12H12BrF4NO2/c13-6-1-2-9(14)7(3-6)11(18)5-20-10(8(11)4-19)12(15,16)17/h1-3,8,10,19H,4-5,18H2/t8-,10+,11-/m1/s1. The van der Waals surface area contributed by atoms with E-state index in [1.807, 2.05) is 0 Å². The molecular formula is C12H12BrF4NO2. The zero-order valence-corrected chi connectivity index (χ0v) is 11.7. The van der Waals surface area contributed by atoms with Crippen molar-refractivity contribution in [3.05, 3.63) is 34.1 Å². The summed E-state index contributed by atoms with van der Waals surface area (Å²) in [5.74, 6) is -2.20. The summed E-state index contributed by atoms with van der Waals surface area (Å²) in [4.78, 5) is 0. The first-order valence-electron chi connectivity index (χ1n) is 5.73. The van der Waals surface area contributed by atoms with Gasteiger partial charge in [-0.2, -0.15) is 13.2 Å². The molecule has 1 aliphatic rings. The van der Waals surface area contributed by atoms with Crippen molar-refractivity contribution in [1.29, 1.82) is 0 Å². The first kappa shape index (κ1) is 15.7. The van der Waals surface area contributed by atoms with Crippen LogP contribution in [0.25, 0.3) is 0 Å². The van der Waals surface area contributed by atoms with Crippen LogP contribution in [0.5, 0.6) is 0 Å². The number of benzene rings is 1. The average Bonchev–Trinajstić information content (AvgIpc) is 2.70. The molecule has 0 saturated carbocycles. The summed E-state index contributed by atoms with van der Waals surface area (Å²) in [6.45, 7) is -1.37. The molecule has 1 fully saturated rings. The SMILES string of the molecule is N[C@@]1(c2cc(Br)ccc2F)CO[C@H](C(F)(F)F)[C@H]1CO. The number of hydrogen-bond acceptors (Lipinski definition) is 3. The lowest BCUT2D eigenvalue weighted by molar-refractivity contribution is -0.219. The number of nitrogens with two attached hydrogens (primary N) is 1. The van der Waals surface area contributed by atoms with E-state index in [2.05, 4.69) is 15.9 Å². The highest BCUT2D eigenvalue weighted by molar-refractivity contribution is 9.10. The Labute approximate surface area is 120 Å². The molecule has 8 heteroatoms. The van der Waals surface area contributed by atoms with Gasteiger partial charge in [-0.3, -0.25) is 0 Å². The molecule has 1 aromatic rings. The Kier molecular flexibility index (Phi) is 4.12. The Balaban J connectivity index is 2.46. The van der Waals surface area contributed by atoms with Crippen molar-refractivity contribution in [2.75, 3.05) is 13.2 Å². The third-order valence-electron chi connectivity index (χ3n) is 3.48. The van der Waals surface area contributed by atoms with E-state index in [0.717, 1.165) is 6.07 Å².